The predicted octanol–water partition coefficient (Wildman–Crippen LogP) is 2.58. The summed E-state index contributed by atoms with van der Waals surface area (Å²) in [5.41, 5.74) is 3.01. The van der Waals surface area contributed by atoms with E-state index in [1.165, 1.54) is 6.08 Å². The number of aromatic nitrogens is 4. The second-order valence-electron chi connectivity index (χ2n) is 10.2. The number of rotatable bonds is 7. The largest absolute Gasteiger partial charge is 0.354 e. The molecular formula is C27H34N10O. The van der Waals surface area contributed by atoms with Crippen LogP contribution in [-0.2, 0) is 11.8 Å². The van der Waals surface area contributed by atoms with Gasteiger partial charge < -0.3 is 29.9 Å². The molecule has 0 radical (unpaired) electrons. The van der Waals surface area contributed by atoms with Crippen molar-refractivity contribution in [3.8, 4) is 6.07 Å². The molecule has 2 aliphatic rings. The van der Waals surface area contributed by atoms with Crippen LogP contribution in [0.15, 0.2) is 37.1 Å². The summed E-state index contributed by atoms with van der Waals surface area (Å²) in [5, 5.41) is 16.0. The molecule has 2 N–H and O–H groups in total. The molecule has 0 spiro atoms. The average molecular weight is 515 g/mol. The van der Waals surface area contributed by atoms with Crippen LogP contribution in [0.5, 0.6) is 0 Å². The number of likely N-dealkylation sites (N-methyl/N-ethyl adjacent to an activating group) is 1. The molecule has 0 aliphatic carbocycles. The van der Waals surface area contributed by atoms with Gasteiger partial charge in [0.2, 0.25) is 17.8 Å². The number of aryl methyl sites for hydroxylation is 1. The van der Waals surface area contributed by atoms with Crippen LogP contribution < -0.4 is 20.4 Å². The van der Waals surface area contributed by atoms with Crippen molar-refractivity contribution in [3.05, 3.63) is 42.6 Å². The van der Waals surface area contributed by atoms with Gasteiger partial charge in [-0.05, 0) is 57.6 Å². The Morgan fingerprint density at radius 3 is 2.79 bits per heavy atom. The fraction of sp³-hybridized carbons (Fsp3) is 0.444. The summed E-state index contributed by atoms with van der Waals surface area (Å²) in [6.07, 6.45) is 5.91. The second-order valence-corrected chi connectivity index (χ2v) is 10.2. The van der Waals surface area contributed by atoms with Crippen LogP contribution in [0.1, 0.15) is 24.8 Å². The molecule has 0 saturated carbocycles. The number of fused-ring (bicyclic) bond motifs is 1. The molecule has 0 unspecified atom stereocenters. The number of nitriles is 1. The van der Waals surface area contributed by atoms with E-state index in [1.54, 1.807) is 6.20 Å². The molecule has 0 bridgehead atoms. The van der Waals surface area contributed by atoms with Crippen LogP contribution in [0, 0.1) is 11.3 Å². The standard InChI is InChI=1S/C27H34N10O/c1-5-24(38)30-19-8-9-23-22(13-19)32-27(35(23)4)37-11-6-7-20(16-37)31-26-29-15-18(14-28)25(33-26)36-12-10-21(17-36)34(2)3/h5,8-9,13,15,20-21H,1,6-7,10-12,16-17H2,2-4H3,(H,30,38)(H,29,31,33)/t20-,21-/m1/s1. The maximum atomic E-state index is 11.7. The van der Waals surface area contributed by atoms with Crippen molar-refractivity contribution < 1.29 is 4.79 Å². The van der Waals surface area contributed by atoms with Crippen molar-refractivity contribution >= 4 is 40.3 Å². The number of imidazole rings is 1. The molecule has 2 saturated heterocycles. The number of nitrogens with zero attached hydrogens (tertiary/aromatic N) is 8. The van der Waals surface area contributed by atoms with E-state index in [1.807, 2.05) is 25.2 Å². The van der Waals surface area contributed by atoms with Crippen molar-refractivity contribution in [2.45, 2.75) is 31.3 Å². The molecule has 2 fully saturated rings. The zero-order valence-electron chi connectivity index (χ0n) is 22.2. The van der Waals surface area contributed by atoms with E-state index in [-0.39, 0.29) is 11.9 Å². The van der Waals surface area contributed by atoms with Crippen molar-refractivity contribution in [1.29, 1.82) is 5.26 Å². The van der Waals surface area contributed by atoms with E-state index in [9.17, 15) is 10.1 Å². The first kappa shape index (κ1) is 25.5. The maximum absolute atomic E-state index is 11.7. The van der Waals surface area contributed by atoms with Crippen molar-refractivity contribution in [2.75, 3.05) is 60.7 Å². The number of carbonyl (C=O) groups is 1. The van der Waals surface area contributed by atoms with Gasteiger partial charge in [0.1, 0.15) is 11.6 Å². The normalized spacial score (nSPS) is 19.6. The molecular weight excluding hydrogens is 480 g/mol. The van der Waals surface area contributed by atoms with Gasteiger partial charge in [-0.1, -0.05) is 6.58 Å². The average Bonchev–Trinajstić information content (AvgIpc) is 3.54. The number of hydrogen-bond donors (Lipinski definition) is 2. The Balaban J connectivity index is 1.32. The highest BCUT2D eigenvalue weighted by Gasteiger charge is 2.28. The van der Waals surface area contributed by atoms with E-state index in [0.717, 1.165) is 62.4 Å². The van der Waals surface area contributed by atoms with Gasteiger partial charge in [-0.3, -0.25) is 4.79 Å². The Morgan fingerprint density at radius 2 is 2.05 bits per heavy atom. The number of benzene rings is 1. The van der Waals surface area contributed by atoms with Crippen LogP contribution in [0.25, 0.3) is 11.0 Å². The van der Waals surface area contributed by atoms with Crippen LogP contribution in [0.2, 0.25) is 0 Å². The lowest BCUT2D eigenvalue weighted by atomic mass is 10.1. The first-order valence-electron chi connectivity index (χ1n) is 13.0. The van der Waals surface area contributed by atoms with Crippen molar-refractivity contribution in [1.82, 2.24) is 24.4 Å². The SMILES string of the molecule is C=CC(=O)Nc1ccc2c(c1)nc(N1CCC[C@@H](Nc3ncc(C#N)c(N4CC[C@@H](N(C)C)C4)n3)C1)n2C. The van der Waals surface area contributed by atoms with Gasteiger partial charge >= 0.3 is 0 Å². The molecule has 38 heavy (non-hydrogen) atoms. The molecule has 2 atom stereocenters. The van der Waals surface area contributed by atoms with Crippen LogP contribution in [0.3, 0.4) is 0 Å². The number of piperidine rings is 1. The third-order valence-corrected chi connectivity index (χ3v) is 7.43. The van der Waals surface area contributed by atoms with Gasteiger partial charge in [0.15, 0.2) is 5.82 Å². The lowest BCUT2D eigenvalue weighted by Gasteiger charge is -2.34. The van der Waals surface area contributed by atoms with Crippen LogP contribution >= 0.6 is 0 Å². The Hall–Kier alpha value is -4.17. The molecule has 1 amide bonds. The quantitative estimate of drug-likeness (QED) is 0.459. The number of anilines is 4. The summed E-state index contributed by atoms with van der Waals surface area (Å²) < 4.78 is 2.08. The Labute approximate surface area is 222 Å². The van der Waals surface area contributed by atoms with Gasteiger partial charge in [-0.2, -0.15) is 10.2 Å². The van der Waals surface area contributed by atoms with E-state index in [0.29, 0.717) is 29.1 Å². The highest BCUT2D eigenvalue weighted by molar-refractivity contribution is 6.00. The first-order chi connectivity index (χ1) is 18.4. The highest BCUT2D eigenvalue weighted by atomic mass is 16.1. The summed E-state index contributed by atoms with van der Waals surface area (Å²) in [4.78, 5) is 32.5. The Bertz CT molecular complexity index is 1390. The van der Waals surface area contributed by atoms with Gasteiger partial charge in [0.05, 0.1) is 17.2 Å². The molecule has 3 aromatic rings. The number of carbonyl (C=O) groups excluding carboxylic acids is 1. The monoisotopic (exact) mass is 514 g/mol. The Kier molecular flexibility index (Phi) is 7.15. The van der Waals surface area contributed by atoms with Crippen molar-refractivity contribution in [3.63, 3.8) is 0 Å². The Morgan fingerprint density at radius 1 is 1.21 bits per heavy atom. The fourth-order valence-corrected chi connectivity index (χ4v) is 5.32. The minimum absolute atomic E-state index is 0.139. The minimum Gasteiger partial charge on any atom is -0.354 e. The summed E-state index contributed by atoms with van der Waals surface area (Å²) in [6, 6.07) is 8.56. The number of nitrogens with one attached hydrogen (secondary N) is 2. The van der Waals surface area contributed by atoms with Gasteiger partial charge in [-0.25, -0.2) is 9.97 Å². The summed E-state index contributed by atoms with van der Waals surface area (Å²) in [6.45, 7) is 6.88. The second kappa shape index (κ2) is 10.7. The fourth-order valence-electron chi connectivity index (χ4n) is 5.32. The lowest BCUT2D eigenvalue weighted by molar-refractivity contribution is -0.111. The van der Waals surface area contributed by atoms with E-state index >= 15 is 0 Å². The molecule has 5 rings (SSSR count). The topological polar surface area (TPSA) is 118 Å². The van der Waals surface area contributed by atoms with Crippen LogP contribution in [0.4, 0.5) is 23.4 Å². The van der Waals surface area contributed by atoms with Crippen LogP contribution in [-0.4, -0.2) is 82.7 Å². The third-order valence-electron chi connectivity index (χ3n) is 7.43. The predicted molar refractivity (Wildman–Crippen MR) is 149 cm³/mol. The van der Waals surface area contributed by atoms with Gasteiger partial charge in [0.25, 0.3) is 0 Å². The zero-order valence-corrected chi connectivity index (χ0v) is 22.2. The highest BCUT2D eigenvalue weighted by Crippen LogP contribution is 2.28. The van der Waals surface area contributed by atoms with E-state index in [4.69, 9.17) is 9.97 Å². The molecule has 1 aromatic carbocycles. The van der Waals surface area contributed by atoms with E-state index < -0.39 is 0 Å². The minimum atomic E-state index is -0.249. The summed E-state index contributed by atoms with van der Waals surface area (Å²) in [7, 11) is 6.19. The zero-order chi connectivity index (χ0) is 26.8. The lowest BCUT2D eigenvalue weighted by Crippen LogP contribution is -2.43. The van der Waals surface area contributed by atoms with E-state index in [2.05, 4.69) is 61.6 Å². The molecule has 4 heterocycles. The number of amides is 1. The third kappa shape index (κ3) is 5.13. The van der Waals surface area contributed by atoms with Gasteiger partial charge in [0, 0.05) is 51.0 Å². The van der Waals surface area contributed by atoms with Gasteiger partial charge in [-0.15, -0.1) is 0 Å². The van der Waals surface area contributed by atoms with Crippen molar-refractivity contribution in [2.24, 2.45) is 7.05 Å². The smallest absolute Gasteiger partial charge is 0.247 e. The maximum Gasteiger partial charge on any atom is 0.247 e. The first-order valence-corrected chi connectivity index (χ1v) is 13.0. The molecule has 2 aromatic heterocycles. The molecule has 2 aliphatic heterocycles. The summed E-state index contributed by atoms with van der Waals surface area (Å²) >= 11 is 0. The molecule has 198 valence electrons. The summed E-state index contributed by atoms with van der Waals surface area (Å²) in [5.74, 6) is 1.89. The molecule has 11 nitrogen and oxygen atoms in total. The molecule has 11 heteroatoms. The number of hydrogen-bond acceptors (Lipinski definition) is 9.